The predicted octanol–water partition coefficient (Wildman–Crippen LogP) is 5.61. The lowest BCUT2D eigenvalue weighted by atomic mass is 9.95. The summed E-state index contributed by atoms with van der Waals surface area (Å²) >= 11 is 5.96. The summed E-state index contributed by atoms with van der Waals surface area (Å²) in [4.78, 5) is 15.3. The van der Waals surface area contributed by atoms with Gasteiger partial charge in [-0.05, 0) is 98.9 Å². The zero-order valence-corrected chi connectivity index (χ0v) is 21.5. The van der Waals surface area contributed by atoms with E-state index in [9.17, 15) is 13.2 Å². The molecule has 35 heavy (non-hydrogen) atoms. The second-order valence-corrected chi connectivity index (χ2v) is 11.2. The molecule has 0 radical (unpaired) electrons. The first-order valence-electron chi connectivity index (χ1n) is 11.7. The van der Waals surface area contributed by atoms with E-state index in [4.69, 9.17) is 11.6 Å². The molecule has 0 bridgehead atoms. The maximum Gasteiger partial charge on any atom is 0.261 e. The number of carbonyl (C=O) groups excluding carboxylic acids is 1. The molecule has 3 aromatic rings. The van der Waals surface area contributed by atoms with Crippen LogP contribution in [0.2, 0.25) is 5.02 Å². The number of likely N-dealkylation sites (tertiary alicyclic amines) is 1. The highest BCUT2D eigenvalue weighted by molar-refractivity contribution is 7.92. The minimum atomic E-state index is -3.73. The topological polar surface area (TPSA) is 78.5 Å². The molecule has 1 aliphatic rings. The number of carbonyl (C=O) groups is 1. The second kappa shape index (κ2) is 10.8. The molecule has 1 fully saturated rings. The van der Waals surface area contributed by atoms with Gasteiger partial charge in [0, 0.05) is 23.2 Å². The summed E-state index contributed by atoms with van der Waals surface area (Å²) in [7, 11) is -3.73. The lowest BCUT2D eigenvalue weighted by molar-refractivity contribution is -0.121. The minimum Gasteiger partial charge on any atom is -0.326 e. The van der Waals surface area contributed by atoms with Crippen molar-refractivity contribution in [3.8, 4) is 0 Å². The van der Waals surface area contributed by atoms with Crippen molar-refractivity contribution < 1.29 is 13.2 Å². The summed E-state index contributed by atoms with van der Waals surface area (Å²) < 4.78 is 28.3. The van der Waals surface area contributed by atoms with Crippen LogP contribution in [-0.2, 0) is 21.4 Å². The Morgan fingerprint density at radius 1 is 0.971 bits per heavy atom. The van der Waals surface area contributed by atoms with Crippen LogP contribution in [0.25, 0.3) is 0 Å². The summed E-state index contributed by atoms with van der Waals surface area (Å²) in [6.07, 6.45) is 1.57. The van der Waals surface area contributed by atoms with Gasteiger partial charge >= 0.3 is 0 Å². The first kappa shape index (κ1) is 25.2. The second-order valence-electron chi connectivity index (χ2n) is 9.11. The Labute approximate surface area is 212 Å². The number of halogens is 1. The van der Waals surface area contributed by atoms with Gasteiger partial charge in [0.25, 0.3) is 10.0 Å². The third-order valence-corrected chi connectivity index (χ3v) is 7.98. The number of rotatable bonds is 7. The summed E-state index contributed by atoms with van der Waals surface area (Å²) in [5.74, 6) is -0.0916. The van der Waals surface area contributed by atoms with E-state index in [1.54, 1.807) is 12.1 Å². The molecule has 1 amide bonds. The number of benzene rings is 3. The van der Waals surface area contributed by atoms with Crippen LogP contribution in [0.3, 0.4) is 0 Å². The fourth-order valence-electron chi connectivity index (χ4n) is 4.21. The van der Waals surface area contributed by atoms with E-state index in [0.717, 1.165) is 48.6 Å². The summed E-state index contributed by atoms with van der Waals surface area (Å²) in [6.45, 7) is 6.32. The average molecular weight is 512 g/mol. The Morgan fingerprint density at radius 2 is 1.63 bits per heavy atom. The quantitative estimate of drug-likeness (QED) is 0.432. The van der Waals surface area contributed by atoms with Gasteiger partial charge in [-0.15, -0.1) is 0 Å². The highest BCUT2D eigenvalue weighted by atomic mass is 35.5. The summed E-state index contributed by atoms with van der Waals surface area (Å²) in [6, 6.07) is 19.8. The zero-order valence-electron chi connectivity index (χ0n) is 19.9. The number of amides is 1. The SMILES string of the molecule is Cc1ccc(C)c(NS(=O)(=O)c2ccc(NC(=O)C3CCN(Cc4ccc(Cl)cc4)CC3)cc2)c1. The van der Waals surface area contributed by atoms with Gasteiger partial charge in [0.15, 0.2) is 0 Å². The van der Waals surface area contributed by atoms with E-state index >= 15 is 0 Å². The van der Waals surface area contributed by atoms with Gasteiger partial charge in [-0.1, -0.05) is 35.9 Å². The van der Waals surface area contributed by atoms with Crippen molar-refractivity contribution >= 4 is 38.9 Å². The largest absolute Gasteiger partial charge is 0.326 e. The third-order valence-electron chi connectivity index (χ3n) is 6.35. The van der Waals surface area contributed by atoms with E-state index in [2.05, 4.69) is 14.9 Å². The van der Waals surface area contributed by atoms with Gasteiger partial charge in [-0.2, -0.15) is 0 Å². The number of nitrogens with zero attached hydrogens (tertiary/aromatic N) is 1. The molecule has 0 spiro atoms. The summed E-state index contributed by atoms with van der Waals surface area (Å²) in [5.41, 5.74) is 4.18. The third kappa shape index (κ3) is 6.63. The van der Waals surface area contributed by atoms with Crippen molar-refractivity contribution in [2.24, 2.45) is 5.92 Å². The number of piperidine rings is 1. The van der Waals surface area contributed by atoms with Crippen LogP contribution < -0.4 is 10.0 Å². The number of anilines is 2. The van der Waals surface area contributed by atoms with Crippen LogP contribution in [0, 0.1) is 19.8 Å². The smallest absolute Gasteiger partial charge is 0.261 e. The highest BCUT2D eigenvalue weighted by Crippen LogP contribution is 2.24. The monoisotopic (exact) mass is 511 g/mol. The van der Waals surface area contributed by atoms with Gasteiger partial charge in [0.2, 0.25) is 5.91 Å². The predicted molar refractivity (Wildman–Crippen MR) is 141 cm³/mol. The van der Waals surface area contributed by atoms with Crippen LogP contribution >= 0.6 is 11.6 Å². The van der Waals surface area contributed by atoms with E-state index in [1.165, 1.54) is 17.7 Å². The molecular formula is C27H30ClN3O3S. The van der Waals surface area contributed by atoms with Crippen molar-refractivity contribution in [3.05, 3.63) is 88.4 Å². The van der Waals surface area contributed by atoms with Crippen LogP contribution in [-0.4, -0.2) is 32.3 Å². The molecule has 6 nitrogen and oxygen atoms in total. The van der Waals surface area contributed by atoms with E-state index in [0.29, 0.717) is 11.4 Å². The fourth-order valence-corrected chi connectivity index (χ4v) is 5.46. The molecular weight excluding hydrogens is 482 g/mol. The molecule has 0 atom stereocenters. The highest BCUT2D eigenvalue weighted by Gasteiger charge is 2.25. The van der Waals surface area contributed by atoms with Crippen LogP contribution in [0.1, 0.15) is 29.5 Å². The Balaban J connectivity index is 1.31. The van der Waals surface area contributed by atoms with Crippen molar-refractivity contribution in [1.29, 1.82) is 0 Å². The molecule has 0 saturated carbocycles. The lowest BCUT2D eigenvalue weighted by Gasteiger charge is -2.31. The van der Waals surface area contributed by atoms with Crippen molar-refractivity contribution in [1.82, 2.24) is 4.90 Å². The minimum absolute atomic E-state index is 0.0275. The molecule has 0 aromatic heterocycles. The molecule has 1 aliphatic heterocycles. The molecule has 0 aliphatic carbocycles. The van der Waals surface area contributed by atoms with Crippen molar-refractivity contribution in [3.63, 3.8) is 0 Å². The molecule has 3 aromatic carbocycles. The maximum atomic E-state index is 12.8. The number of hydrogen-bond acceptors (Lipinski definition) is 4. The summed E-state index contributed by atoms with van der Waals surface area (Å²) in [5, 5.41) is 3.67. The molecule has 2 N–H and O–H groups in total. The van der Waals surface area contributed by atoms with Gasteiger partial charge < -0.3 is 5.32 Å². The normalized spacial score (nSPS) is 15.1. The number of aryl methyl sites for hydroxylation is 2. The maximum absolute atomic E-state index is 12.8. The Bertz CT molecular complexity index is 1280. The molecule has 8 heteroatoms. The average Bonchev–Trinajstić information content (AvgIpc) is 2.83. The van der Waals surface area contributed by atoms with Gasteiger partial charge in [-0.3, -0.25) is 14.4 Å². The van der Waals surface area contributed by atoms with Gasteiger partial charge in [0.05, 0.1) is 10.6 Å². The zero-order chi connectivity index (χ0) is 25.0. The molecule has 184 valence electrons. The van der Waals surface area contributed by atoms with Crippen LogP contribution in [0.4, 0.5) is 11.4 Å². The Kier molecular flexibility index (Phi) is 7.79. The van der Waals surface area contributed by atoms with E-state index in [1.807, 2.05) is 56.3 Å². The van der Waals surface area contributed by atoms with E-state index in [-0.39, 0.29) is 16.7 Å². The molecule has 0 unspecified atom stereocenters. The molecule has 4 rings (SSSR count). The number of hydrogen-bond donors (Lipinski definition) is 2. The number of sulfonamides is 1. The Hall–Kier alpha value is -2.87. The van der Waals surface area contributed by atoms with Gasteiger partial charge in [0.1, 0.15) is 0 Å². The molecule has 1 heterocycles. The number of nitrogens with one attached hydrogen (secondary N) is 2. The van der Waals surface area contributed by atoms with Crippen molar-refractivity contribution in [2.75, 3.05) is 23.1 Å². The van der Waals surface area contributed by atoms with Gasteiger partial charge in [-0.25, -0.2) is 8.42 Å². The Morgan fingerprint density at radius 3 is 2.29 bits per heavy atom. The van der Waals surface area contributed by atoms with E-state index < -0.39 is 10.0 Å². The first-order chi connectivity index (χ1) is 16.7. The first-order valence-corrected chi connectivity index (χ1v) is 13.5. The molecule has 1 saturated heterocycles. The fraction of sp³-hybridized carbons (Fsp3) is 0.296. The standard InChI is InChI=1S/C27H30ClN3O3S/c1-19-3-4-20(2)26(17-19)30-35(33,34)25-11-9-24(10-12-25)29-27(32)22-13-15-31(16-14-22)18-21-5-7-23(28)8-6-21/h3-12,17,22,30H,13-16,18H2,1-2H3,(H,29,32). The lowest BCUT2D eigenvalue weighted by Crippen LogP contribution is -2.37. The van der Waals surface area contributed by atoms with Crippen molar-refractivity contribution in [2.45, 2.75) is 38.1 Å². The van der Waals surface area contributed by atoms with Crippen LogP contribution in [0.5, 0.6) is 0 Å². The van der Waals surface area contributed by atoms with Crippen LogP contribution in [0.15, 0.2) is 71.6 Å².